The molecule has 0 fully saturated rings. The summed E-state index contributed by atoms with van der Waals surface area (Å²) in [6.45, 7) is 9.42. The molecule has 108 valence electrons. The first kappa shape index (κ1) is 14.7. The number of nitrogens with zero attached hydrogens (tertiary/aromatic N) is 3. The van der Waals surface area contributed by atoms with Gasteiger partial charge in [0.15, 0.2) is 0 Å². The molecule has 1 heterocycles. The van der Waals surface area contributed by atoms with Crippen LogP contribution in [0.3, 0.4) is 0 Å². The molecule has 0 saturated heterocycles. The number of aromatic nitrogens is 3. The van der Waals surface area contributed by atoms with Crippen LogP contribution < -0.4 is 5.32 Å². The Morgan fingerprint density at radius 1 is 1.20 bits per heavy atom. The van der Waals surface area contributed by atoms with Crippen molar-refractivity contribution in [1.29, 1.82) is 0 Å². The van der Waals surface area contributed by atoms with E-state index in [-0.39, 0.29) is 6.04 Å². The summed E-state index contributed by atoms with van der Waals surface area (Å²) < 4.78 is 1.92. The van der Waals surface area contributed by atoms with Crippen molar-refractivity contribution in [3.63, 3.8) is 0 Å². The lowest BCUT2D eigenvalue weighted by Gasteiger charge is -2.10. The molecule has 1 atom stereocenters. The summed E-state index contributed by atoms with van der Waals surface area (Å²) >= 11 is 0. The molecule has 0 bridgehead atoms. The van der Waals surface area contributed by atoms with Crippen molar-refractivity contribution in [2.75, 3.05) is 6.54 Å². The van der Waals surface area contributed by atoms with E-state index >= 15 is 0 Å². The van der Waals surface area contributed by atoms with Gasteiger partial charge < -0.3 is 5.32 Å². The number of hydrogen-bond donors (Lipinski definition) is 1. The molecule has 0 amide bonds. The molecule has 1 unspecified atom stereocenters. The van der Waals surface area contributed by atoms with Crippen LogP contribution in [-0.4, -0.2) is 21.5 Å². The fraction of sp³-hybridized carbons (Fsp3) is 0.500. The predicted molar refractivity (Wildman–Crippen MR) is 82.2 cm³/mol. The van der Waals surface area contributed by atoms with Crippen molar-refractivity contribution in [2.24, 2.45) is 0 Å². The zero-order valence-electron chi connectivity index (χ0n) is 12.8. The number of aryl methyl sites for hydroxylation is 1. The van der Waals surface area contributed by atoms with Crippen LogP contribution in [0, 0.1) is 6.92 Å². The van der Waals surface area contributed by atoms with E-state index in [1.165, 1.54) is 12.0 Å². The minimum absolute atomic E-state index is 0.230. The Morgan fingerprint density at radius 2 is 1.90 bits per heavy atom. The summed E-state index contributed by atoms with van der Waals surface area (Å²) in [5, 5.41) is 12.0. The van der Waals surface area contributed by atoms with Crippen molar-refractivity contribution in [3.05, 3.63) is 41.2 Å². The Labute approximate surface area is 121 Å². The molecular formula is C16H24N4. The highest BCUT2D eigenvalue weighted by molar-refractivity contribution is 5.36. The predicted octanol–water partition coefficient (Wildman–Crippen LogP) is 3.20. The number of rotatable bonds is 6. The Bertz CT molecular complexity index is 542. The van der Waals surface area contributed by atoms with Crippen molar-refractivity contribution in [1.82, 2.24) is 20.3 Å². The van der Waals surface area contributed by atoms with E-state index in [0.717, 1.165) is 30.0 Å². The zero-order valence-corrected chi connectivity index (χ0v) is 12.8. The average Bonchev–Trinajstić information content (AvgIpc) is 2.82. The Balaban J connectivity index is 2.25. The molecule has 20 heavy (non-hydrogen) atoms. The highest BCUT2D eigenvalue weighted by Crippen LogP contribution is 2.18. The largest absolute Gasteiger partial charge is 0.309 e. The number of benzene rings is 1. The summed E-state index contributed by atoms with van der Waals surface area (Å²) in [6.07, 6.45) is 2.30. The van der Waals surface area contributed by atoms with Gasteiger partial charge in [-0.1, -0.05) is 37.6 Å². The zero-order chi connectivity index (χ0) is 14.5. The van der Waals surface area contributed by atoms with Crippen molar-refractivity contribution in [3.8, 4) is 5.69 Å². The van der Waals surface area contributed by atoms with Crippen molar-refractivity contribution < 1.29 is 0 Å². The summed E-state index contributed by atoms with van der Waals surface area (Å²) in [6, 6.07) is 8.82. The third-order valence-electron chi connectivity index (χ3n) is 3.57. The monoisotopic (exact) mass is 272 g/mol. The molecule has 1 aromatic heterocycles. The van der Waals surface area contributed by atoms with Crippen LogP contribution in [0.2, 0.25) is 0 Å². The second kappa shape index (κ2) is 6.66. The standard InChI is InChI=1S/C16H24N4/c1-5-7-14-8-10-15(11-9-14)20-13(4)16(18-19-20)12(3)17-6-2/h8-12,17H,5-7H2,1-4H3. The molecular weight excluding hydrogens is 248 g/mol. The topological polar surface area (TPSA) is 42.7 Å². The van der Waals surface area contributed by atoms with Crippen LogP contribution in [0.15, 0.2) is 24.3 Å². The lowest BCUT2D eigenvalue weighted by molar-refractivity contribution is 0.579. The third-order valence-corrected chi connectivity index (χ3v) is 3.57. The number of hydrogen-bond acceptors (Lipinski definition) is 3. The van der Waals surface area contributed by atoms with Gasteiger partial charge in [-0.15, -0.1) is 5.10 Å². The van der Waals surface area contributed by atoms with E-state index in [1.54, 1.807) is 0 Å². The summed E-state index contributed by atoms with van der Waals surface area (Å²) in [7, 11) is 0. The SMILES string of the molecule is CCCc1ccc(-n2nnc(C(C)NCC)c2C)cc1. The maximum atomic E-state index is 4.32. The smallest absolute Gasteiger partial charge is 0.103 e. The Hall–Kier alpha value is -1.68. The van der Waals surface area contributed by atoms with Gasteiger partial charge in [0.2, 0.25) is 0 Å². The summed E-state index contributed by atoms with van der Waals surface area (Å²) in [5.41, 5.74) is 4.56. The van der Waals surface area contributed by atoms with Crippen molar-refractivity contribution >= 4 is 0 Å². The first-order valence-electron chi connectivity index (χ1n) is 7.42. The van der Waals surface area contributed by atoms with Gasteiger partial charge in [-0.05, 0) is 44.5 Å². The van der Waals surface area contributed by atoms with Crippen LogP contribution in [0.1, 0.15) is 50.2 Å². The summed E-state index contributed by atoms with van der Waals surface area (Å²) in [5.74, 6) is 0. The molecule has 2 aromatic rings. The second-order valence-electron chi connectivity index (χ2n) is 5.17. The molecule has 1 N–H and O–H groups in total. The van der Waals surface area contributed by atoms with Gasteiger partial charge >= 0.3 is 0 Å². The van der Waals surface area contributed by atoms with E-state index in [0.29, 0.717) is 0 Å². The second-order valence-corrected chi connectivity index (χ2v) is 5.17. The molecule has 0 aliphatic rings. The van der Waals surface area contributed by atoms with Gasteiger partial charge in [0.1, 0.15) is 5.69 Å². The lowest BCUT2D eigenvalue weighted by Crippen LogP contribution is -2.19. The van der Waals surface area contributed by atoms with Crippen LogP contribution in [-0.2, 0) is 6.42 Å². The molecule has 4 nitrogen and oxygen atoms in total. The maximum absolute atomic E-state index is 4.32. The van der Waals surface area contributed by atoms with E-state index in [9.17, 15) is 0 Å². The van der Waals surface area contributed by atoms with Gasteiger partial charge in [0, 0.05) is 0 Å². The fourth-order valence-electron chi connectivity index (χ4n) is 2.48. The van der Waals surface area contributed by atoms with E-state index in [4.69, 9.17) is 0 Å². The fourth-order valence-corrected chi connectivity index (χ4v) is 2.48. The Kier molecular flexibility index (Phi) is 4.90. The average molecular weight is 272 g/mol. The molecule has 0 saturated carbocycles. The normalized spacial score (nSPS) is 12.6. The number of nitrogens with one attached hydrogen (secondary N) is 1. The summed E-state index contributed by atoms with van der Waals surface area (Å²) in [4.78, 5) is 0. The van der Waals surface area contributed by atoms with Crippen LogP contribution in [0.4, 0.5) is 0 Å². The van der Waals surface area contributed by atoms with Gasteiger partial charge in [-0.25, -0.2) is 4.68 Å². The molecule has 0 spiro atoms. The van der Waals surface area contributed by atoms with E-state index in [2.05, 4.69) is 67.6 Å². The Morgan fingerprint density at radius 3 is 2.50 bits per heavy atom. The van der Waals surface area contributed by atoms with E-state index < -0.39 is 0 Å². The molecule has 1 aromatic carbocycles. The minimum atomic E-state index is 0.230. The lowest BCUT2D eigenvalue weighted by atomic mass is 10.1. The third kappa shape index (κ3) is 3.07. The molecule has 4 heteroatoms. The van der Waals surface area contributed by atoms with Gasteiger partial charge in [-0.3, -0.25) is 0 Å². The highest BCUT2D eigenvalue weighted by atomic mass is 15.4. The molecule has 0 radical (unpaired) electrons. The molecule has 0 aliphatic carbocycles. The highest BCUT2D eigenvalue weighted by Gasteiger charge is 2.15. The molecule has 0 aliphatic heterocycles. The minimum Gasteiger partial charge on any atom is -0.309 e. The first-order chi connectivity index (χ1) is 9.67. The van der Waals surface area contributed by atoms with Crippen LogP contribution in [0.5, 0.6) is 0 Å². The molecule has 2 rings (SSSR count). The van der Waals surface area contributed by atoms with Gasteiger partial charge in [-0.2, -0.15) is 0 Å². The maximum Gasteiger partial charge on any atom is 0.103 e. The van der Waals surface area contributed by atoms with Crippen LogP contribution >= 0.6 is 0 Å². The quantitative estimate of drug-likeness (QED) is 0.878. The van der Waals surface area contributed by atoms with Gasteiger partial charge in [0.05, 0.1) is 17.4 Å². The van der Waals surface area contributed by atoms with E-state index in [1.807, 2.05) is 4.68 Å². The van der Waals surface area contributed by atoms with Crippen molar-refractivity contribution in [2.45, 2.75) is 46.6 Å². The van der Waals surface area contributed by atoms with Crippen LogP contribution in [0.25, 0.3) is 5.69 Å². The first-order valence-corrected chi connectivity index (χ1v) is 7.42. The van der Waals surface area contributed by atoms with Gasteiger partial charge in [0.25, 0.3) is 0 Å².